The van der Waals surface area contributed by atoms with Gasteiger partial charge in [0.2, 0.25) is 11.9 Å². The van der Waals surface area contributed by atoms with Crippen LogP contribution < -0.4 is 20.1 Å². The average molecular weight is 393 g/mol. The molecule has 9 heteroatoms. The number of fused-ring (bicyclic) bond motifs is 1. The van der Waals surface area contributed by atoms with Crippen LogP contribution in [0.1, 0.15) is 18.0 Å². The van der Waals surface area contributed by atoms with Crippen molar-refractivity contribution in [1.29, 1.82) is 0 Å². The van der Waals surface area contributed by atoms with Crippen LogP contribution in [0.2, 0.25) is 0 Å². The predicted octanol–water partition coefficient (Wildman–Crippen LogP) is 2.24. The lowest BCUT2D eigenvalue weighted by atomic mass is 10.0. The van der Waals surface area contributed by atoms with E-state index in [1.807, 2.05) is 18.2 Å². The fourth-order valence-corrected chi connectivity index (χ4v) is 3.18. The fraction of sp³-hybridized carbons (Fsp3) is 0.200. The van der Waals surface area contributed by atoms with Gasteiger partial charge < -0.3 is 14.8 Å². The molecule has 0 radical (unpaired) electrons. The molecule has 1 aliphatic heterocycles. The van der Waals surface area contributed by atoms with E-state index < -0.39 is 0 Å². The Hall–Kier alpha value is -3.88. The highest BCUT2D eigenvalue weighted by molar-refractivity contribution is 5.92. The van der Waals surface area contributed by atoms with Crippen LogP contribution in [0.3, 0.4) is 0 Å². The Bertz CT molecular complexity index is 1050. The van der Waals surface area contributed by atoms with Crippen LogP contribution in [0.4, 0.5) is 11.6 Å². The van der Waals surface area contributed by atoms with E-state index >= 15 is 0 Å². The number of nitrogens with zero attached hydrogens (tertiary/aromatic N) is 3. The van der Waals surface area contributed by atoms with E-state index in [-0.39, 0.29) is 30.9 Å². The molecule has 0 spiro atoms. The largest absolute Gasteiger partial charge is 0.497 e. The van der Waals surface area contributed by atoms with E-state index in [1.54, 1.807) is 42.1 Å². The molecule has 1 atom stereocenters. The smallest absolute Gasteiger partial charge is 0.262 e. The number of amides is 2. The lowest BCUT2D eigenvalue weighted by Gasteiger charge is -2.25. The molecule has 1 unspecified atom stereocenters. The van der Waals surface area contributed by atoms with Crippen molar-refractivity contribution >= 4 is 23.5 Å². The Morgan fingerprint density at radius 2 is 2.14 bits per heavy atom. The first-order valence-electron chi connectivity index (χ1n) is 8.99. The normalized spacial score (nSPS) is 15.2. The maximum atomic E-state index is 12.3. The molecular formula is C20H19N5O4. The summed E-state index contributed by atoms with van der Waals surface area (Å²) >= 11 is 0. The minimum absolute atomic E-state index is 0.152. The molecule has 2 N–H and O–H groups in total. The standard InChI is InChI=1S/C20H19N5O4/c1-28-14-6-4-5-13(9-14)23-19(27)11-29-17-8-3-2-7-15(17)16-10-18(26)24-20-21-12-22-25(16)20/h2-9,12,16H,10-11H2,1H3,(H,23,27)(H,21,22,24,26). The Morgan fingerprint density at radius 3 is 3.00 bits per heavy atom. The summed E-state index contributed by atoms with van der Waals surface area (Å²) in [5, 5.41) is 9.65. The first-order chi connectivity index (χ1) is 14.1. The summed E-state index contributed by atoms with van der Waals surface area (Å²) in [6.07, 6.45) is 1.59. The quantitative estimate of drug-likeness (QED) is 0.665. The second-order valence-corrected chi connectivity index (χ2v) is 6.40. The molecule has 1 aliphatic rings. The van der Waals surface area contributed by atoms with Gasteiger partial charge in [0.1, 0.15) is 17.8 Å². The number of carbonyl (C=O) groups excluding carboxylic acids is 2. The van der Waals surface area contributed by atoms with E-state index in [1.165, 1.54) is 6.33 Å². The van der Waals surface area contributed by atoms with E-state index in [0.717, 1.165) is 5.56 Å². The molecule has 0 bridgehead atoms. The molecule has 0 saturated heterocycles. The van der Waals surface area contributed by atoms with Gasteiger partial charge in [-0.3, -0.25) is 14.9 Å². The van der Waals surface area contributed by atoms with Gasteiger partial charge in [0.15, 0.2) is 6.61 Å². The van der Waals surface area contributed by atoms with Gasteiger partial charge in [-0.25, -0.2) is 4.68 Å². The lowest BCUT2D eigenvalue weighted by molar-refractivity contribution is -0.118. The van der Waals surface area contributed by atoms with Gasteiger partial charge in [-0.05, 0) is 18.2 Å². The molecule has 0 saturated carbocycles. The highest BCUT2D eigenvalue weighted by Crippen LogP contribution is 2.34. The molecular weight excluding hydrogens is 374 g/mol. The third-order valence-electron chi connectivity index (χ3n) is 4.49. The highest BCUT2D eigenvalue weighted by Gasteiger charge is 2.29. The van der Waals surface area contributed by atoms with Crippen molar-refractivity contribution < 1.29 is 19.1 Å². The van der Waals surface area contributed by atoms with E-state index in [0.29, 0.717) is 23.1 Å². The first kappa shape index (κ1) is 18.5. The molecule has 2 heterocycles. The van der Waals surface area contributed by atoms with Gasteiger partial charge in [-0.2, -0.15) is 10.1 Å². The topological polar surface area (TPSA) is 107 Å². The fourth-order valence-electron chi connectivity index (χ4n) is 3.18. The van der Waals surface area contributed by atoms with Crippen molar-refractivity contribution in [1.82, 2.24) is 14.8 Å². The summed E-state index contributed by atoms with van der Waals surface area (Å²) in [5.74, 6) is 1.08. The van der Waals surface area contributed by atoms with Gasteiger partial charge in [0.25, 0.3) is 5.91 Å². The van der Waals surface area contributed by atoms with Crippen molar-refractivity contribution in [2.45, 2.75) is 12.5 Å². The molecule has 4 rings (SSSR count). The average Bonchev–Trinajstić information content (AvgIpc) is 3.20. The predicted molar refractivity (Wildman–Crippen MR) is 105 cm³/mol. The van der Waals surface area contributed by atoms with E-state index in [9.17, 15) is 9.59 Å². The summed E-state index contributed by atoms with van der Waals surface area (Å²) in [4.78, 5) is 28.4. The Kier molecular flexibility index (Phi) is 5.10. The van der Waals surface area contributed by atoms with Gasteiger partial charge in [-0.1, -0.05) is 24.3 Å². The Labute approximate surface area is 166 Å². The molecule has 0 aliphatic carbocycles. The molecule has 2 amide bonds. The van der Waals surface area contributed by atoms with Gasteiger partial charge in [0.05, 0.1) is 19.6 Å². The number of methoxy groups -OCH3 is 1. The molecule has 0 fully saturated rings. The maximum absolute atomic E-state index is 12.3. The molecule has 2 aromatic carbocycles. The number of anilines is 2. The van der Waals surface area contributed by atoms with Gasteiger partial charge in [0, 0.05) is 17.3 Å². The van der Waals surface area contributed by atoms with Crippen molar-refractivity contribution in [3.63, 3.8) is 0 Å². The number of benzene rings is 2. The number of aromatic nitrogens is 3. The minimum atomic E-state index is -0.362. The van der Waals surface area contributed by atoms with Crippen molar-refractivity contribution in [2.24, 2.45) is 0 Å². The van der Waals surface area contributed by atoms with Gasteiger partial charge >= 0.3 is 0 Å². The summed E-state index contributed by atoms with van der Waals surface area (Å²) in [6, 6.07) is 14.0. The summed E-state index contributed by atoms with van der Waals surface area (Å²) < 4.78 is 12.6. The zero-order valence-corrected chi connectivity index (χ0v) is 15.7. The SMILES string of the molecule is COc1cccc(NC(=O)COc2ccccc2C2CC(=O)Nc3ncnn32)c1. The maximum Gasteiger partial charge on any atom is 0.262 e. The molecule has 29 heavy (non-hydrogen) atoms. The van der Waals surface area contributed by atoms with Crippen molar-refractivity contribution in [2.75, 3.05) is 24.4 Å². The number of rotatable bonds is 6. The highest BCUT2D eigenvalue weighted by atomic mass is 16.5. The van der Waals surface area contributed by atoms with Crippen LogP contribution in [0.25, 0.3) is 0 Å². The van der Waals surface area contributed by atoms with E-state index in [2.05, 4.69) is 20.7 Å². The van der Waals surface area contributed by atoms with Crippen LogP contribution in [0.5, 0.6) is 11.5 Å². The zero-order valence-electron chi connectivity index (χ0n) is 15.7. The third-order valence-corrected chi connectivity index (χ3v) is 4.49. The summed E-state index contributed by atoms with van der Waals surface area (Å²) in [5.41, 5.74) is 1.37. The summed E-state index contributed by atoms with van der Waals surface area (Å²) in [7, 11) is 1.56. The Balaban J connectivity index is 1.48. The number of hydrogen-bond donors (Lipinski definition) is 2. The van der Waals surface area contributed by atoms with Gasteiger partial charge in [-0.15, -0.1) is 0 Å². The van der Waals surface area contributed by atoms with E-state index in [4.69, 9.17) is 9.47 Å². The number of carbonyl (C=O) groups is 2. The van der Waals surface area contributed by atoms with Crippen molar-refractivity contribution in [3.8, 4) is 11.5 Å². The molecule has 3 aromatic rings. The Morgan fingerprint density at radius 1 is 1.28 bits per heavy atom. The van der Waals surface area contributed by atoms with Crippen LogP contribution in [0.15, 0.2) is 54.9 Å². The second-order valence-electron chi connectivity index (χ2n) is 6.40. The van der Waals surface area contributed by atoms with Crippen LogP contribution >= 0.6 is 0 Å². The molecule has 1 aromatic heterocycles. The lowest BCUT2D eigenvalue weighted by Crippen LogP contribution is -2.29. The number of ether oxygens (including phenoxy) is 2. The summed E-state index contributed by atoms with van der Waals surface area (Å²) in [6.45, 7) is -0.183. The third kappa shape index (κ3) is 4.03. The van der Waals surface area contributed by atoms with Crippen LogP contribution in [-0.2, 0) is 9.59 Å². The zero-order chi connectivity index (χ0) is 20.2. The van der Waals surface area contributed by atoms with Crippen LogP contribution in [0, 0.1) is 0 Å². The monoisotopic (exact) mass is 393 g/mol. The second kappa shape index (κ2) is 8.01. The number of hydrogen-bond acceptors (Lipinski definition) is 6. The van der Waals surface area contributed by atoms with Crippen LogP contribution in [-0.4, -0.2) is 40.3 Å². The molecule has 9 nitrogen and oxygen atoms in total. The van der Waals surface area contributed by atoms with Crippen molar-refractivity contribution in [3.05, 3.63) is 60.4 Å². The number of nitrogens with one attached hydrogen (secondary N) is 2. The minimum Gasteiger partial charge on any atom is -0.497 e. The molecule has 148 valence electrons. The first-order valence-corrected chi connectivity index (χ1v) is 8.99. The number of para-hydroxylation sites is 1.